The van der Waals surface area contributed by atoms with E-state index >= 15 is 0 Å². The summed E-state index contributed by atoms with van der Waals surface area (Å²) in [4.78, 5) is 12.2. The lowest BCUT2D eigenvalue weighted by Gasteiger charge is -2.16. The van der Waals surface area contributed by atoms with Crippen molar-refractivity contribution in [2.45, 2.75) is 83.5 Å². The van der Waals surface area contributed by atoms with Crippen LogP contribution in [0, 0.1) is 5.92 Å². The van der Waals surface area contributed by atoms with Gasteiger partial charge in [0, 0.05) is 18.9 Å². The van der Waals surface area contributed by atoms with Gasteiger partial charge in [0.1, 0.15) is 5.78 Å². The molecule has 1 aliphatic carbocycles. The fourth-order valence-electron chi connectivity index (χ4n) is 2.92. The van der Waals surface area contributed by atoms with Crippen molar-refractivity contribution >= 4 is 5.78 Å². The van der Waals surface area contributed by atoms with Crippen LogP contribution in [-0.4, -0.2) is 17.5 Å². The molecule has 1 fully saturated rings. The van der Waals surface area contributed by atoms with Gasteiger partial charge in [0.15, 0.2) is 0 Å². The Kier molecular flexibility index (Phi) is 9.19. The quantitative estimate of drug-likeness (QED) is 0.762. The van der Waals surface area contributed by atoms with Crippen LogP contribution < -0.4 is 0 Å². The summed E-state index contributed by atoms with van der Waals surface area (Å²) in [5.74, 6) is 0.782. The lowest BCUT2D eigenvalue weighted by molar-refractivity contribution is -0.123. The summed E-state index contributed by atoms with van der Waals surface area (Å²) in [6, 6.07) is 0. The Bertz CT molecular complexity index is 213. The molecule has 0 radical (unpaired) electrons. The van der Waals surface area contributed by atoms with Crippen LogP contribution in [-0.2, 0) is 4.79 Å². The van der Waals surface area contributed by atoms with Crippen LogP contribution >= 0.6 is 0 Å². The molecule has 1 N–H and O–H groups in total. The standard InChI is InChI=1S/C16H30O2/c17-14-10-9-12-15-11-7-5-3-1-2-4-6-8-13-16(15)18/h15,17H,1-14H2. The highest BCUT2D eigenvalue weighted by molar-refractivity contribution is 5.80. The predicted molar refractivity (Wildman–Crippen MR) is 75.6 cm³/mol. The van der Waals surface area contributed by atoms with E-state index in [4.69, 9.17) is 5.11 Å². The molecule has 1 atom stereocenters. The van der Waals surface area contributed by atoms with Gasteiger partial charge in [-0.3, -0.25) is 4.79 Å². The molecule has 1 saturated carbocycles. The van der Waals surface area contributed by atoms with Crippen LogP contribution in [0.25, 0.3) is 0 Å². The average molecular weight is 254 g/mol. The van der Waals surface area contributed by atoms with E-state index in [1.54, 1.807) is 0 Å². The molecule has 1 rings (SSSR count). The number of aliphatic hydroxyl groups excluding tert-OH is 1. The first-order chi connectivity index (χ1) is 8.84. The van der Waals surface area contributed by atoms with Crippen LogP contribution in [0.5, 0.6) is 0 Å². The fourth-order valence-corrected chi connectivity index (χ4v) is 2.92. The zero-order valence-corrected chi connectivity index (χ0v) is 11.8. The van der Waals surface area contributed by atoms with Gasteiger partial charge in [-0.15, -0.1) is 0 Å². The Hall–Kier alpha value is -0.370. The van der Waals surface area contributed by atoms with Crippen molar-refractivity contribution in [1.82, 2.24) is 0 Å². The van der Waals surface area contributed by atoms with Crippen molar-refractivity contribution in [1.29, 1.82) is 0 Å². The summed E-state index contributed by atoms with van der Waals surface area (Å²) in [5.41, 5.74) is 0. The number of carbonyl (C=O) groups excluding carboxylic acids is 1. The van der Waals surface area contributed by atoms with Crippen molar-refractivity contribution in [2.75, 3.05) is 6.61 Å². The Balaban J connectivity index is 2.34. The van der Waals surface area contributed by atoms with Crippen molar-refractivity contribution in [3.63, 3.8) is 0 Å². The van der Waals surface area contributed by atoms with E-state index < -0.39 is 0 Å². The maximum absolute atomic E-state index is 12.2. The zero-order chi connectivity index (χ0) is 13.1. The van der Waals surface area contributed by atoms with E-state index in [9.17, 15) is 4.79 Å². The van der Waals surface area contributed by atoms with Crippen molar-refractivity contribution in [3.8, 4) is 0 Å². The van der Waals surface area contributed by atoms with Crippen molar-refractivity contribution in [3.05, 3.63) is 0 Å². The minimum absolute atomic E-state index is 0.265. The molecule has 0 bridgehead atoms. The first-order valence-corrected chi connectivity index (χ1v) is 7.98. The van der Waals surface area contributed by atoms with Crippen LogP contribution in [0.1, 0.15) is 83.5 Å². The molecular formula is C16H30O2. The highest BCUT2D eigenvalue weighted by atomic mass is 16.2. The van der Waals surface area contributed by atoms with Gasteiger partial charge in [-0.05, 0) is 25.7 Å². The van der Waals surface area contributed by atoms with E-state index in [1.807, 2.05) is 0 Å². The Morgan fingerprint density at radius 3 is 2.17 bits per heavy atom. The number of aliphatic hydroxyl groups is 1. The van der Waals surface area contributed by atoms with E-state index in [0.29, 0.717) is 5.78 Å². The predicted octanol–water partition coefficient (Wildman–Crippen LogP) is 4.25. The molecule has 0 aromatic carbocycles. The number of Topliss-reactive ketones (excluding diaryl/α,β-unsaturated/α-hetero) is 1. The van der Waals surface area contributed by atoms with Crippen LogP contribution in [0.15, 0.2) is 0 Å². The maximum Gasteiger partial charge on any atom is 0.135 e. The second-order valence-corrected chi connectivity index (χ2v) is 5.75. The van der Waals surface area contributed by atoms with E-state index in [1.165, 1.54) is 44.9 Å². The number of rotatable bonds is 4. The summed E-state index contributed by atoms with van der Waals surface area (Å²) in [6.45, 7) is 0.265. The topological polar surface area (TPSA) is 37.3 Å². The minimum atomic E-state index is 0.265. The third-order valence-corrected chi connectivity index (χ3v) is 4.14. The summed E-state index contributed by atoms with van der Waals surface area (Å²) in [6.07, 6.45) is 15.0. The normalized spacial score (nSPS) is 24.3. The molecule has 0 amide bonds. The summed E-state index contributed by atoms with van der Waals surface area (Å²) in [5, 5.41) is 8.83. The van der Waals surface area contributed by atoms with Gasteiger partial charge in [0.2, 0.25) is 0 Å². The molecule has 2 heteroatoms. The van der Waals surface area contributed by atoms with Gasteiger partial charge in [-0.2, -0.15) is 0 Å². The fraction of sp³-hybridized carbons (Fsp3) is 0.938. The second kappa shape index (κ2) is 10.5. The van der Waals surface area contributed by atoms with Crippen molar-refractivity contribution in [2.24, 2.45) is 5.92 Å². The number of ketones is 1. The van der Waals surface area contributed by atoms with Gasteiger partial charge < -0.3 is 5.11 Å². The van der Waals surface area contributed by atoms with E-state index in [2.05, 4.69) is 0 Å². The third-order valence-electron chi connectivity index (χ3n) is 4.14. The van der Waals surface area contributed by atoms with E-state index in [-0.39, 0.29) is 12.5 Å². The third kappa shape index (κ3) is 7.15. The number of hydrogen-bond acceptors (Lipinski definition) is 2. The molecule has 1 aliphatic rings. The lowest BCUT2D eigenvalue weighted by Crippen LogP contribution is -2.15. The summed E-state index contributed by atoms with van der Waals surface area (Å²) >= 11 is 0. The minimum Gasteiger partial charge on any atom is -0.396 e. The van der Waals surface area contributed by atoms with Gasteiger partial charge >= 0.3 is 0 Å². The monoisotopic (exact) mass is 254 g/mol. The molecule has 106 valence electrons. The highest BCUT2D eigenvalue weighted by Crippen LogP contribution is 2.22. The Labute approximate surface area is 112 Å². The summed E-state index contributed by atoms with van der Waals surface area (Å²) < 4.78 is 0. The molecule has 18 heavy (non-hydrogen) atoms. The summed E-state index contributed by atoms with van der Waals surface area (Å²) in [7, 11) is 0. The molecule has 1 unspecified atom stereocenters. The molecule has 0 aromatic rings. The first-order valence-electron chi connectivity index (χ1n) is 7.98. The van der Waals surface area contributed by atoms with Gasteiger partial charge in [-0.25, -0.2) is 0 Å². The molecule has 0 saturated heterocycles. The molecule has 0 aromatic heterocycles. The number of carbonyl (C=O) groups is 1. The Morgan fingerprint density at radius 1 is 0.889 bits per heavy atom. The van der Waals surface area contributed by atoms with Crippen LogP contribution in [0.2, 0.25) is 0 Å². The molecule has 0 spiro atoms. The van der Waals surface area contributed by atoms with Crippen molar-refractivity contribution < 1.29 is 9.90 Å². The highest BCUT2D eigenvalue weighted by Gasteiger charge is 2.17. The number of unbranched alkanes of at least 4 members (excludes halogenated alkanes) is 1. The van der Waals surface area contributed by atoms with Crippen LogP contribution in [0.4, 0.5) is 0 Å². The van der Waals surface area contributed by atoms with Gasteiger partial charge in [0.25, 0.3) is 0 Å². The van der Waals surface area contributed by atoms with E-state index in [0.717, 1.165) is 38.5 Å². The Morgan fingerprint density at radius 2 is 1.50 bits per heavy atom. The lowest BCUT2D eigenvalue weighted by atomic mass is 9.88. The molecule has 0 heterocycles. The van der Waals surface area contributed by atoms with Gasteiger partial charge in [-0.1, -0.05) is 51.4 Å². The second-order valence-electron chi connectivity index (χ2n) is 5.75. The molecular weight excluding hydrogens is 224 g/mol. The SMILES string of the molecule is O=C1CCCCCCCCCCC1CCCCO. The van der Waals surface area contributed by atoms with Gasteiger partial charge in [0.05, 0.1) is 0 Å². The largest absolute Gasteiger partial charge is 0.396 e. The molecule has 0 aliphatic heterocycles. The maximum atomic E-state index is 12.2. The number of hydrogen-bond donors (Lipinski definition) is 1. The zero-order valence-electron chi connectivity index (χ0n) is 11.8. The molecule has 2 nitrogen and oxygen atoms in total. The first kappa shape index (κ1) is 15.7. The smallest absolute Gasteiger partial charge is 0.135 e. The van der Waals surface area contributed by atoms with Crippen LogP contribution in [0.3, 0.4) is 0 Å². The average Bonchev–Trinajstić information content (AvgIpc) is 2.37.